The van der Waals surface area contributed by atoms with Crippen molar-refractivity contribution < 1.29 is 14.7 Å². The van der Waals surface area contributed by atoms with Crippen LogP contribution in [-0.4, -0.2) is 57.3 Å². The highest BCUT2D eigenvalue weighted by molar-refractivity contribution is 6.33. The van der Waals surface area contributed by atoms with Crippen LogP contribution in [0.1, 0.15) is 32.6 Å². The Labute approximate surface area is 247 Å². The summed E-state index contributed by atoms with van der Waals surface area (Å²) < 4.78 is 1.81. The van der Waals surface area contributed by atoms with E-state index in [4.69, 9.17) is 39.0 Å². The molecule has 0 spiro atoms. The lowest BCUT2D eigenvalue weighted by atomic mass is 9.80. The molecule has 0 radical (unpaired) electrons. The third-order valence-corrected chi connectivity index (χ3v) is 9.02. The molecule has 6 rings (SSSR count). The van der Waals surface area contributed by atoms with Crippen LogP contribution < -0.4 is 15.5 Å². The second-order valence-corrected chi connectivity index (χ2v) is 11.9. The number of carboxylic acids is 1. The van der Waals surface area contributed by atoms with Gasteiger partial charge in [0.2, 0.25) is 5.91 Å². The summed E-state index contributed by atoms with van der Waals surface area (Å²) in [5.74, 6) is 0.163. The van der Waals surface area contributed by atoms with Crippen LogP contribution in [0.15, 0.2) is 54.6 Å². The average Bonchev–Trinajstić information content (AvgIpc) is 3.59. The van der Waals surface area contributed by atoms with Crippen molar-refractivity contribution in [1.29, 1.82) is 0 Å². The van der Waals surface area contributed by atoms with Crippen molar-refractivity contribution >= 4 is 52.4 Å². The lowest BCUT2D eigenvalue weighted by molar-refractivity contribution is -0.138. The Morgan fingerprint density at radius 1 is 1.05 bits per heavy atom. The summed E-state index contributed by atoms with van der Waals surface area (Å²) in [5, 5.41) is 16.2. The minimum atomic E-state index is -0.871. The zero-order chi connectivity index (χ0) is 28.9. The maximum absolute atomic E-state index is 12.2. The SMILES string of the molecule is CC1(C(N)=O)CCN(c2cc(N3CCC[C@H]3C(=O)O)nc3c(-c4ccc(Cl)cc4)c(-c4ccccc4Cl)nn23)CC1. The molecule has 2 aromatic carbocycles. The molecule has 0 saturated carbocycles. The van der Waals surface area contributed by atoms with Gasteiger partial charge in [-0.25, -0.2) is 9.78 Å². The number of primary amides is 1. The summed E-state index contributed by atoms with van der Waals surface area (Å²) in [6, 6.07) is 16.2. The van der Waals surface area contributed by atoms with E-state index in [0.29, 0.717) is 66.1 Å². The van der Waals surface area contributed by atoms with E-state index in [-0.39, 0.29) is 5.91 Å². The van der Waals surface area contributed by atoms with Crippen molar-refractivity contribution in [3.8, 4) is 22.4 Å². The lowest BCUT2D eigenvalue weighted by Gasteiger charge is -2.38. The van der Waals surface area contributed by atoms with Gasteiger partial charge in [0.25, 0.3) is 0 Å². The van der Waals surface area contributed by atoms with E-state index in [1.54, 1.807) is 0 Å². The summed E-state index contributed by atoms with van der Waals surface area (Å²) in [4.78, 5) is 33.4. The number of aliphatic carboxylic acids is 1. The summed E-state index contributed by atoms with van der Waals surface area (Å²) >= 11 is 12.9. The van der Waals surface area contributed by atoms with Crippen molar-refractivity contribution in [2.75, 3.05) is 29.4 Å². The summed E-state index contributed by atoms with van der Waals surface area (Å²) in [6.45, 7) is 3.65. The molecule has 2 fully saturated rings. The van der Waals surface area contributed by atoms with Crippen LogP contribution in [0, 0.1) is 5.41 Å². The van der Waals surface area contributed by atoms with Gasteiger partial charge in [-0.3, -0.25) is 4.79 Å². The molecule has 2 aliphatic rings. The highest BCUT2D eigenvalue weighted by Gasteiger charge is 2.37. The van der Waals surface area contributed by atoms with Gasteiger partial charge in [0.05, 0.1) is 10.6 Å². The molecule has 0 unspecified atom stereocenters. The number of hydrogen-bond acceptors (Lipinski definition) is 6. The maximum Gasteiger partial charge on any atom is 0.326 e. The molecular formula is C30H30Cl2N6O3. The molecule has 2 aromatic heterocycles. The molecule has 41 heavy (non-hydrogen) atoms. The summed E-state index contributed by atoms with van der Waals surface area (Å²) in [5.41, 5.74) is 8.75. The minimum Gasteiger partial charge on any atom is -0.480 e. The number of benzene rings is 2. The Morgan fingerprint density at radius 2 is 1.76 bits per heavy atom. The Hall–Kier alpha value is -3.82. The van der Waals surface area contributed by atoms with E-state index in [9.17, 15) is 14.7 Å². The Balaban J connectivity index is 1.60. The largest absolute Gasteiger partial charge is 0.480 e. The number of hydrogen-bond donors (Lipinski definition) is 2. The van der Waals surface area contributed by atoms with Crippen LogP contribution in [0.3, 0.4) is 0 Å². The van der Waals surface area contributed by atoms with Crippen molar-refractivity contribution in [1.82, 2.24) is 14.6 Å². The molecule has 4 aromatic rings. The van der Waals surface area contributed by atoms with E-state index >= 15 is 0 Å². The molecule has 0 aliphatic carbocycles. The molecule has 4 heterocycles. The fourth-order valence-corrected chi connectivity index (χ4v) is 6.21. The quantitative estimate of drug-likeness (QED) is 0.303. The highest BCUT2D eigenvalue weighted by Crippen LogP contribution is 2.41. The fourth-order valence-electron chi connectivity index (χ4n) is 5.86. The number of piperidine rings is 1. The van der Waals surface area contributed by atoms with E-state index in [1.165, 1.54) is 0 Å². The maximum atomic E-state index is 12.2. The van der Waals surface area contributed by atoms with Gasteiger partial charge in [-0.05, 0) is 49.4 Å². The molecule has 2 saturated heterocycles. The number of halogens is 2. The number of carbonyl (C=O) groups excluding carboxylic acids is 1. The normalized spacial score (nSPS) is 18.7. The van der Waals surface area contributed by atoms with Crippen LogP contribution in [0.2, 0.25) is 10.0 Å². The molecule has 9 nitrogen and oxygen atoms in total. The molecule has 1 atom stereocenters. The average molecular weight is 594 g/mol. The van der Waals surface area contributed by atoms with Crippen molar-refractivity contribution in [3.63, 3.8) is 0 Å². The number of anilines is 2. The second kappa shape index (κ2) is 10.5. The van der Waals surface area contributed by atoms with E-state index < -0.39 is 17.4 Å². The van der Waals surface area contributed by atoms with Crippen molar-refractivity contribution in [2.45, 2.75) is 38.6 Å². The van der Waals surface area contributed by atoms with Crippen LogP contribution >= 0.6 is 23.2 Å². The predicted octanol–water partition coefficient (Wildman–Crippen LogP) is 5.52. The third-order valence-electron chi connectivity index (χ3n) is 8.44. The molecule has 212 valence electrons. The zero-order valence-corrected chi connectivity index (χ0v) is 24.1. The fraction of sp³-hybridized carbons (Fsp3) is 0.333. The number of fused-ring (bicyclic) bond motifs is 1. The molecular weight excluding hydrogens is 563 g/mol. The van der Waals surface area contributed by atoms with Crippen LogP contribution in [0.4, 0.5) is 11.6 Å². The van der Waals surface area contributed by atoms with E-state index in [2.05, 4.69) is 4.90 Å². The Kier molecular flexibility index (Phi) is 7.03. The molecule has 1 amide bonds. The van der Waals surface area contributed by atoms with Crippen molar-refractivity contribution in [3.05, 3.63) is 64.6 Å². The van der Waals surface area contributed by atoms with Crippen LogP contribution in [0.5, 0.6) is 0 Å². The van der Waals surface area contributed by atoms with Gasteiger partial charge in [-0.2, -0.15) is 9.61 Å². The second-order valence-electron chi connectivity index (χ2n) is 11.0. The first kappa shape index (κ1) is 27.4. The monoisotopic (exact) mass is 592 g/mol. The van der Waals surface area contributed by atoms with Crippen molar-refractivity contribution in [2.24, 2.45) is 11.1 Å². The lowest BCUT2D eigenvalue weighted by Crippen LogP contribution is -2.46. The summed E-state index contributed by atoms with van der Waals surface area (Å²) in [6.07, 6.45) is 2.48. The number of carboxylic acid groups (broad SMARTS) is 1. The highest BCUT2D eigenvalue weighted by atomic mass is 35.5. The predicted molar refractivity (Wildman–Crippen MR) is 161 cm³/mol. The van der Waals surface area contributed by atoms with Gasteiger partial charge in [0.15, 0.2) is 5.65 Å². The topological polar surface area (TPSA) is 117 Å². The van der Waals surface area contributed by atoms with E-state index in [0.717, 1.165) is 28.9 Å². The first-order valence-corrected chi connectivity index (χ1v) is 14.4. The van der Waals surface area contributed by atoms with Gasteiger partial charge >= 0.3 is 5.97 Å². The standard InChI is InChI=1S/C30H30Cl2N6O3/c1-30(29(33)41)12-15-36(16-13-30)24-17-23(37-14-4-7-22(37)28(39)40)34-27-25(18-8-10-19(31)11-9-18)26(35-38(24)27)20-5-2-3-6-21(20)32/h2-3,5-6,8-11,17,22H,4,7,12-16H2,1H3,(H2,33,41)(H,39,40)/t22-/m0/s1. The number of amides is 1. The van der Waals surface area contributed by atoms with E-state index in [1.807, 2.05) is 70.9 Å². The van der Waals surface area contributed by atoms with Gasteiger partial charge in [-0.15, -0.1) is 0 Å². The van der Waals surface area contributed by atoms with Gasteiger partial charge in [0.1, 0.15) is 23.4 Å². The Bertz CT molecular complexity index is 1650. The Morgan fingerprint density at radius 3 is 2.41 bits per heavy atom. The first-order chi connectivity index (χ1) is 19.7. The van der Waals surface area contributed by atoms with Gasteiger partial charge in [-0.1, -0.05) is 60.5 Å². The molecule has 0 bridgehead atoms. The van der Waals surface area contributed by atoms with Gasteiger partial charge < -0.3 is 20.6 Å². The number of nitrogens with zero attached hydrogens (tertiary/aromatic N) is 5. The molecule has 2 aliphatic heterocycles. The number of aromatic nitrogens is 3. The van der Waals surface area contributed by atoms with Crippen LogP contribution in [0.25, 0.3) is 28.0 Å². The first-order valence-electron chi connectivity index (χ1n) is 13.7. The number of nitrogens with two attached hydrogens (primary N) is 1. The zero-order valence-electron chi connectivity index (χ0n) is 22.6. The van der Waals surface area contributed by atoms with Crippen LogP contribution in [-0.2, 0) is 9.59 Å². The minimum absolute atomic E-state index is 0.302. The molecule has 11 heteroatoms. The smallest absolute Gasteiger partial charge is 0.326 e. The molecule has 3 N–H and O–H groups in total. The number of carbonyl (C=O) groups is 2. The number of rotatable bonds is 6. The third kappa shape index (κ3) is 4.87. The summed E-state index contributed by atoms with van der Waals surface area (Å²) in [7, 11) is 0. The van der Waals surface area contributed by atoms with Gasteiger partial charge in [0, 0.05) is 41.7 Å².